The molecule has 0 fully saturated rings. The maximum Gasteiger partial charge on any atom is 0.253 e. The normalized spacial score (nSPS) is 14.4. The van der Waals surface area contributed by atoms with E-state index in [2.05, 4.69) is 232 Å². The molecular weight excluding hydrogens is 946 g/mol. The standard InChI is InChI=1S/C68H38BN5OS/c70-39-41-25-32-63(74-61-23-11-5-17-51(61)52-18-6-12-24-62(52)74)54(33-41)43-28-31-56-66(35-43)76-67-38-46(73-59-21-9-3-15-49(59)50-16-4-10-22-60(50)73)37-65-68(67)69(56)55-30-27-42(34-64(55)75-65)53-36-45(29-26-44(53)40-71)72-57-19-7-1-13-47(57)48-14-2-8-20-58(48)72/h1-13,15-38,58H. The molecule has 0 saturated heterocycles. The second-order valence-corrected chi connectivity index (χ2v) is 20.9. The molecule has 16 rings (SSSR count). The highest BCUT2D eigenvalue weighted by atomic mass is 32.2. The lowest BCUT2D eigenvalue weighted by molar-refractivity contribution is 0.486. The Morgan fingerprint density at radius 2 is 1.16 bits per heavy atom. The molecule has 4 aliphatic rings. The molecule has 0 N–H and O–H groups in total. The van der Waals surface area contributed by atoms with Crippen molar-refractivity contribution in [2.75, 3.05) is 4.90 Å². The van der Waals surface area contributed by atoms with Crippen LogP contribution in [0.15, 0.2) is 240 Å². The summed E-state index contributed by atoms with van der Waals surface area (Å²) in [6.07, 6.45) is 6.26. The van der Waals surface area contributed by atoms with Gasteiger partial charge in [-0.3, -0.25) is 0 Å². The van der Waals surface area contributed by atoms with Crippen molar-refractivity contribution >= 4 is 95.4 Å². The summed E-state index contributed by atoms with van der Waals surface area (Å²) in [7, 11) is 0. The topological polar surface area (TPSA) is 69.9 Å². The van der Waals surface area contributed by atoms with Crippen molar-refractivity contribution in [1.29, 1.82) is 10.5 Å². The van der Waals surface area contributed by atoms with Crippen molar-refractivity contribution in [3.63, 3.8) is 0 Å². The van der Waals surface area contributed by atoms with Gasteiger partial charge in [-0.1, -0.05) is 145 Å². The fourth-order valence-electron chi connectivity index (χ4n) is 12.7. The number of hydrogen-bond donors (Lipinski definition) is 0. The second kappa shape index (κ2) is 16.3. The van der Waals surface area contributed by atoms with Crippen LogP contribution in [0.3, 0.4) is 0 Å². The van der Waals surface area contributed by atoms with E-state index in [1.165, 1.54) is 27.0 Å². The molecule has 0 amide bonds. The Labute approximate surface area is 442 Å². The number of allylic oxidation sites excluding steroid dienone is 1. The van der Waals surface area contributed by atoms with Crippen LogP contribution in [0.4, 0.5) is 11.4 Å². The molecule has 1 unspecified atom stereocenters. The minimum absolute atomic E-state index is 0.00947. The van der Waals surface area contributed by atoms with Crippen LogP contribution < -0.4 is 26.0 Å². The van der Waals surface area contributed by atoms with Crippen LogP contribution in [0.2, 0.25) is 0 Å². The van der Waals surface area contributed by atoms with Crippen molar-refractivity contribution in [2.24, 2.45) is 0 Å². The molecule has 1 atom stereocenters. The van der Waals surface area contributed by atoms with Gasteiger partial charge in [0.15, 0.2) is 0 Å². The van der Waals surface area contributed by atoms with E-state index < -0.39 is 0 Å². The highest BCUT2D eigenvalue weighted by Gasteiger charge is 2.41. The zero-order valence-electron chi connectivity index (χ0n) is 40.6. The van der Waals surface area contributed by atoms with E-state index in [1.807, 2.05) is 24.3 Å². The Morgan fingerprint density at radius 1 is 0.500 bits per heavy atom. The summed E-state index contributed by atoms with van der Waals surface area (Å²) < 4.78 is 12.0. The van der Waals surface area contributed by atoms with E-state index in [1.54, 1.807) is 11.8 Å². The number of nitriles is 2. The lowest BCUT2D eigenvalue weighted by atomic mass is 9.35. The van der Waals surface area contributed by atoms with E-state index in [9.17, 15) is 10.5 Å². The minimum atomic E-state index is -0.151. The van der Waals surface area contributed by atoms with Gasteiger partial charge in [0.1, 0.15) is 11.5 Å². The number of rotatable bonds is 5. The summed E-state index contributed by atoms with van der Waals surface area (Å²) in [5.41, 5.74) is 22.7. The summed E-state index contributed by atoms with van der Waals surface area (Å²) in [5, 5.41) is 25.8. The second-order valence-electron chi connectivity index (χ2n) is 19.9. The number of fused-ring (bicyclic) bond motifs is 13. The number of hydrogen-bond acceptors (Lipinski definition) is 5. The number of nitrogens with zero attached hydrogens (tertiary/aromatic N) is 5. The van der Waals surface area contributed by atoms with Crippen LogP contribution in [0.5, 0.6) is 11.5 Å². The predicted octanol–water partition coefficient (Wildman–Crippen LogP) is 14.7. The van der Waals surface area contributed by atoms with Gasteiger partial charge in [-0.05, 0) is 113 Å². The largest absolute Gasteiger partial charge is 0.458 e. The van der Waals surface area contributed by atoms with Crippen LogP contribution in [0.25, 0.3) is 82.8 Å². The molecule has 5 heterocycles. The van der Waals surface area contributed by atoms with Crippen LogP contribution in [-0.4, -0.2) is 21.9 Å². The molecule has 6 nitrogen and oxygen atoms in total. The lowest BCUT2D eigenvalue weighted by Crippen LogP contribution is -2.57. The Hall–Kier alpha value is -9.95. The Bertz CT molecular complexity index is 4660. The van der Waals surface area contributed by atoms with Crippen molar-refractivity contribution in [2.45, 2.75) is 15.8 Å². The van der Waals surface area contributed by atoms with Gasteiger partial charge in [0.2, 0.25) is 0 Å². The highest BCUT2D eigenvalue weighted by Crippen LogP contribution is 2.48. The highest BCUT2D eigenvalue weighted by molar-refractivity contribution is 8.00. The first-order valence-corrected chi connectivity index (χ1v) is 26.3. The van der Waals surface area contributed by atoms with E-state index in [4.69, 9.17) is 4.74 Å². The smallest absolute Gasteiger partial charge is 0.253 e. The molecule has 1 aliphatic carbocycles. The predicted molar refractivity (Wildman–Crippen MR) is 310 cm³/mol. The SMILES string of the molecule is N#Cc1ccc(-n2c3ccccc3c3ccccc32)c(-c2ccc3c(c2)Sc2cc(-n4c5ccccc5c5ccccc54)cc4c2B3c2ccc(-c3cc(N5c6ccccc6C6=C=CC=CC65)ccc3C#N)cc2O4)c1. The van der Waals surface area contributed by atoms with Gasteiger partial charge in [-0.15, -0.1) is 5.73 Å². The van der Waals surface area contributed by atoms with E-state index >= 15 is 0 Å². The van der Waals surface area contributed by atoms with Crippen molar-refractivity contribution in [3.8, 4) is 57.3 Å². The lowest BCUT2D eigenvalue weighted by Gasteiger charge is -2.34. The molecule has 76 heavy (non-hydrogen) atoms. The number of ether oxygens (including phenoxy) is 1. The molecule has 350 valence electrons. The minimum Gasteiger partial charge on any atom is -0.458 e. The third kappa shape index (κ3) is 6.12. The Kier molecular flexibility index (Phi) is 9.11. The molecule has 0 saturated carbocycles. The van der Waals surface area contributed by atoms with Gasteiger partial charge in [0.05, 0.1) is 68.4 Å². The molecule has 2 aromatic heterocycles. The molecule has 0 radical (unpaired) electrons. The molecule has 8 heteroatoms. The zero-order chi connectivity index (χ0) is 50.2. The van der Waals surface area contributed by atoms with Crippen molar-refractivity contribution < 1.29 is 4.74 Å². The van der Waals surface area contributed by atoms with Crippen LogP contribution in [0, 0.1) is 22.7 Å². The van der Waals surface area contributed by atoms with Crippen molar-refractivity contribution in [3.05, 3.63) is 247 Å². The zero-order valence-corrected chi connectivity index (χ0v) is 41.4. The number of para-hydroxylation sites is 5. The van der Waals surface area contributed by atoms with Crippen LogP contribution >= 0.6 is 11.8 Å². The number of anilines is 2. The van der Waals surface area contributed by atoms with Gasteiger partial charge in [-0.25, -0.2) is 0 Å². The van der Waals surface area contributed by atoms with Gasteiger partial charge < -0.3 is 18.8 Å². The maximum atomic E-state index is 10.7. The fraction of sp³-hybridized carbons (Fsp3) is 0.0147. The summed E-state index contributed by atoms with van der Waals surface area (Å²) in [6, 6.07) is 77.9. The first-order valence-electron chi connectivity index (χ1n) is 25.5. The van der Waals surface area contributed by atoms with Gasteiger partial charge in [-0.2, -0.15) is 10.5 Å². The quantitative estimate of drug-likeness (QED) is 0.127. The maximum absolute atomic E-state index is 10.7. The Morgan fingerprint density at radius 3 is 1.87 bits per heavy atom. The summed E-state index contributed by atoms with van der Waals surface area (Å²) in [6.45, 7) is -0.151. The van der Waals surface area contributed by atoms with Crippen molar-refractivity contribution in [1.82, 2.24) is 9.13 Å². The average Bonchev–Trinajstić information content (AvgIpc) is 4.21. The van der Waals surface area contributed by atoms with Crippen LogP contribution in [0.1, 0.15) is 16.7 Å². The molecule has 12 aromatic rings. The summed E-state index contributed by atoms with van der Waals surface area (Å²) in [4.78, 5) is 4.61. The number of aromatic nitrogens is 2. The molecule has 10 aromatic carbocycles. The molecule has 0 spiro atoms. The van der Waals surface area contributed by atoms with E-state index in [0.717, 1.165) is 110 Å². The first kappa shape index (κ1) is 42.6. The van der Waals surface area contributed by atoms with Crippen LogP contribution in [-0.2, 0) is 0 Å². The average molecular weight is 984 g/mol. The molecule has 0 bridgehead atoms. The Balaban J connectivity index is 0.886. The monoisotopic (exact) mass is 983 g/mol. The summed E-state index contributed by atoms with van der Waals surface area (Å²) in [5.74, 6) is 1.56. The van der Waals surface area contributed by atoms with E-state index in [0.29, 0.717) is 11.1 Å². The molecular formula is C68H38BN5OS. The summed E-state index contributed by atoms with van der Waals surface area (Å²) >= 11 is 1.78. The van der Waals surface area contributed by atoms with E-state index in [-0.39, 0.29) is 12.8 Å². The third-order valence-electron chi connectivity index (χ3n) is 15.9. The fourth-order valence-corrected chi connectivity index (χ4v) is 13.9. The number of benzene rings is 10. The van der Waals surface area contributed by atoms with Gasteiger partial charge in [0.25, 0.3) is 6.71 Å². The van der Waals surface area contributed by atoms with Gasteiger partial charge in [0, 0.05) is 65.4 Å². The first-order chi connectivity index (χ1) is 37.6. The molecule has 3 aliphatic heterocycles. The van der Waals surface area contributed by atoms with Gasteiger partial charge >= 0.3 is 0 Å². The third-order valence-corrected chi connectivity index (χ3v) is 17.1.